The summed E-state index contributed by atoms with van der Waals surface area (Å²) in [6.07, 6.45) is 0.684. The minimum atomic E-state index is -0.0177. The monoisotopic (exact) mass is 586 g/mol. The molecule has 0 unspecified atom stereocenters. The molecule has 0 atom stereocenters. The summed E-state index contributed by atoms with van der Waals surface area (Å²) >= 11 is 9.25. The van der Waals surface area contributed by atoms with Gasteiger partial charge < -0.3 is 9.80 Å². The van der Waals surface area contributed by atoms with Crippen LogP contribution in [-0.2, 0) is 12.2 Å². The molecule has 3 aromatic carbocycles. The molecular formula is C30H27ClN6OS2. The molecule has 0 spiro atoms. The molecule has 40 heavy (non-hydrogen) atoms. The van der Waals surface area contributed by atoms with E-state index in [9.17, 15) is 4.79 Å². The molecule has 1 fully saturated rings. The molecule has 0 saturated carbocycles. The van der Waals surface area contributed by atoms with E-state index in [1.54, 1.807) is 11.8 Å². The number of carbonyl (C=O) groups excluding carboxylic acids is 1. The van der Waals surface area contributed by atoms with Gasteiger partial charge in [-0.05, 0) is 35.9 Å². The Morgan fingerprint density at radius 3 is 2.35 bits per heavy atom. The van der Waals surface area contributed by atoms with Gasteiger partial charge in [-0.1, -0.05) is 78.0 Å². The quantitative estimate of drug-likeness (QED) is 0.201. The molecule has 0 radical (unpaired) electrons. The number of piperazine rings is 1. The second kappa shape index (κ2) is 12.2. The number of nitrogens with zero attached hydrogens (tertiary/aromatic N) is 6. The third kappa shape index (κ3) is 6.06. The summed E-state index contributed by atoms with van der Waals surface area (Å²) in [5.41, 5.74) is 3.79. The highest BCUT2D eigenvalue weighted by atomic mass is 35.5. The maximum absolute atomic E-state index is 13.2. The maximum Gasteiger partial charge on any atom is 0.273 e. The number of para-hydroxylation sites is 1. The van der Waals surface area contributed by atoms with Crippen molar-refractivity contribution in [2.24, 2.45) is 0 Å². The van der Waals surface area contributed by atoms with Crippen LogP contribution < -0.4 is 4.90 Å². The molecular weight excluding hydrogens is 560 g/mol. The molecule has 3 heterocycles. The van der Waals surface area contributed by atoms with Crippen molar-refractivity contribution in [2.75, 3.05) is 31.1 Å². The van der Waals surface area contributed by atoms with E-state index >= 15 is 0 Å². The summed E-state index contributed by atoms with van der Waals surface area (Å²) in [6, 6.07) is 28.3. The molecule has 1 amide bonds. The molecule has 7 nitrogen and oxygen atoms in total. The molecule has 5 aromatic rings. The summed E-state index contributed by atoms with van der Waals surface area (Å²) in [4.78, 5) is 22.0. The van der Waals surface area contributed by atoms with E-state index in [-0.39, 0.29) is 5.91 Å². The number of anilines is 1. The minimum Gasteiger partial charge on any atom is -0.368 e. The number of thiazole rings is 1. The van der Waals surface area contributed by atoms with Gasteiger partial charge in [0.15, 0.2) is 5.16 Å². The Balaban J connectivity index is 1.11. The van der Waals surface area contributed by atoms with Crippen LogP contribution in [-0.4, -0.2) is 56.7 Å². The van der Waals surface area contributed by atoms with Crippen LogP contribution in [0, 0.1) is 0 Å². The van der Waals surface area contributed by atoms with Crippen LogP contribution in [0.3, 0.4) is 0 Å². The van der Waals surface area contributed by atoms with Gasteiger partial charge in [0.05, 0.1) is 5.75 Å². The number of hydrogen-bond donors (Lipinski definition) is 0. The average Bonchev–Trinajstić information content (AvgIpc) is 3.64. The Bertz CT molecular complexity index is 1580. The second-order valence-corrected chi connectivity index (χ2v) is 11.7. The highest BCUT2D eigenvalue weighted by Gasteiger charge is 2.24. The van der Waals surface area contributed by atoms with E-state index in [4.69, 9.17) is 11.6 Å². The van der Waals surface area contributed by atoms with Crippen LogP contribution in [0.2, 0.25) is 5.02 Å². The molecule has 0 aliphatic carbocycles. The normalized spacial score (nSPS) is 13.5. The zero-order valence-corrected chi connectivity index (χ0v) is 24.1. The van der Waals surface area contributed by atoms with Crippen LogP contribution in [0.1, 0.15) is 26.9 Å². The van der Waals surface area contributed by atoms with Crippen LogP contribution >= 0.6 is 34.7 Å². The lowest BCUT2D eigenvalue weighted by Crippen LogP contribution is -2.48. The van der Waals surface area contributed by atoms with Crippen LogP contribution in [0.5, 0.6) is 0 Å². The third-order valence-electron chi connectivity index (χ3n) is 6.76. The maximum atomic E-state index is 13.2. The molecule has 1 aliphatic rings. The third-order valence-corrected chi connectivity index (χ3v) is 8.96. The summed E-state index contributed by atoms with van der Waals surface area (Å²) in [5.74, 6) is 1.47. The van der Waals surface area contributed by atoms with Gasteiger partial charge in [0, 0.05) is 54.4 Å². The topological polar surface area (TPSA) is 67.2 Å². The Kier molecular flexibility index (Phi) is 8.13. The van der Waals surface area contributed by atoms with Crippen LogP contribution in [0.25, 0.3) is 5.69 Å². The Morgan fingerprint density at radius 2 is 1.60 bits per heavy atom. The van der Waals surface area contributed by atoms with E-state index in [1.807, 2.05) is 64.9 Å². The van der Waals surface area contributed by atoms with Gasteiger partial charge in [0.2, 0.25) is 0 Å². The van der Waals surface area contributed by atoms with Gasteiger partial charge in [0.1, 0.15) is 16.5 Å². The summed E-state index contributed by atoms with van der Waals surface area (Å²) in [5, 5.41) is 13.3. The first-order valence-corrected chi connectivity index (χ1v) is 15.3. The highest BCUT2D eigenvalue weighted by Crippen LogP contribution is 2.28. The van der Waals surface area contributed by atoms with Crippen LogP contribution in [0.15, 0.2) is 95.5 Å². The molecule has 1 saturated heterocycles. The Hall–Kier alpha value is -3.66. The number of hydrogen-bond acceptors (Lipinski definition) is 7. The largest absolute Gasteiger partial charge is 0.368 e. The first kappa shape index (κ1) is 26.6. The van der Waals surface area contributed by atoms with Crippen molar-refractivity contribution < 1.29 is 4.79 Å². The van der Waals surface area contributed by atoms with Gasteiger partial charge in [-0.2, -0.15) is 0 Å². The van der Waals surface area contributed by atoms with Crippen molar-refractivity contribution >= 4 is 46.3 Å². The number of thioether (sulfide) groups is 1. The Labute approximate surface area is 246 Å². The molecule has 6 rings (SSSR count). The van der Waals surface area contributed by atoms with Crippen molar-refractivity contribution in [1.82, 2.24) is 24.6 Å². The number of aromatic nitrogens is 4. The summed E-state index contributed by atoms with van der Waals surface area (Å²) < 4.78 is 2.11. The zero-order chi connectivity index (χ0) is 27.3. The van der Waals surface area contributed by atoms with E-state index in [0.29, 0.717) is 31.0 Å². The number of benzene rings is 3. The first-order chi connectivity index (χ1) is 19.6. The fourth-order valence-electron chi connectivity index (χ4n) is 4.73. The van der Waals surface area contributed by atoms with Gasteiger partial charge in [-0.15, -0.1) is 21.5 Å². The van der Waals surface area contributed by atoms with Crippen molar-refractivity contribution in [1.29, 1.82) is 0 Å². The van der Waals surface area contributed by atoms with Crippen LogP contribution in [0.4, 0.5) is 5.69 Å². The van der Waals surface area contributed by atoms with Gasteiger partial charge in [-0.3, -0.25) is 9.36 Å². The predicted octanol–water partition coefficient (Wildman–Crippen LogP) is 6.22. The number of amides is 1. The molecule has 0 N–H and O–H groups in total. The average molecular weight is 587 g/mol. The summed E-state index contributed by atoms with van der Waals surface area (Å²) in [6.45, 7) is 2.83. The standard InChI is InChI=1S/C30H27ClN6OS2/c31-23-10-7-13-25(19-23)35-14-16-36(17-15-35)29(38)26-20-39-28(32-26)21-40-30-34-33-27(18-22-8-3-1-4-9-22)37(30)24-11-5-2-6-12-24/h1-13,19-20H,14-18,21H2. The smallest absolute Gasteiger partial charge is 0.273 e. The van der Waals surface area contributed by atoms with Crippen molar-refractivity contribution in [2.45, 2.75) is 17.3 Å². The molecule has 2 aromatic heterocycles. The van der Waals surface area contributed by atoms with Crippen molar-refractivity contribution in [3.8, 4) is 5.69 Å². The number of halogens is 1. The molecule has 202 valence electrons. The summed E-state index contributed by atoms with van der Waals surface area (Å²) in [7, 11) is 0. The molecule has 10 heteroatoms. The van der Waals surface area contributed by atoms with E-state index in [0.717, 1.165) is 45.5 Å². The van der Waals surface area contributed by atoms with E-state index in [2.05, 4.69) is 55.0 Å². The molecule has 1 aliphatic heterocycles. The van der Waals surface area contributed by atoms with Crippen molar-refractivity contribution in [3.05, 3.63) is 117 Å². The molecule has 0 bridgehead atoms. The number of carbonyl (C=O) groups is 1. The zero-order valence-electron chi connectivity index (χ0n) is 21.7. The Morgan fingerprint density at radius 1 is 0.875 bits per heavy atom. The SMILES string of the molecule is O=C(c1csc(CSc2nnc(Cc3ccccc3)n2-c2ccccc2)n1)N1CCN(c2cccc(Cl)c2)CC1. The van der Waals surface area contributed by atoms with E-state index < -0.39 is 0 Å². The van der Waals surface area contributed by atoms with Gasteiger partial charge in [0.25, 0.3) is 5.91 Å². The first-order valence-electron chi connectivity index (χ1n) is 13.0. The minimum absolute atomic E-state index is 0.0177. The predicted molar refractivity (Wildman–Crippen MR) is 162 cm³/mol. The van der Waals surface area contributed by atoms with Crippen molar-refractivity contribution in [3.63, 3.8) is 0 Å². The lowest BCUT2D eigenvalue weighted by atomic mass is 10.1. The van der Waals surface area contributed by atoms with Gasteiger partial charge in [-0.25, -0.2) is 4.98 Å². The fourth-order valence-corrected chi connectivity index (χ4v) is 6.67. The second-order valence-electron chi connectivity index (χ2n) is 9.41. The lowest BCUT2D eigenvalue weighted by Gasteiger charge is -2.35. The fraction of sp³-hybridized carbons (Fsp3) is 0.200. The highest BCUT2D eigenvalue weighted by molar-refractivity contribution is 7.98. The van der Waals surface area contributed by atoms with E-state index in [1.165, 1.54) is 16.9 Å². The number of rotatable bonds is 8. The lowest BCUT2D eigenvalue weighted by molar-refractivity contribution is 0.0741. The van der Waals surface area contributed by atoms with Gasteiger partial charge >= 0.3 is 0 Å².